The van der Waals surface area contributed by atoms with Gasteiger partial charge in [-0.25, -0.2) is 9.78 Å². The number of carbonyl (C=O) groups is 3. The van der Waals surface area contributed by atoms with E-state index >= 15 is 0 Å². The lowest BCUT2D eigenvalue weighted by Crippen LogP contribution is -2.29. The molecule has 3 aromatic rings. The van der Waals surface area contributed by atoms with Gasteiger partial charge in [-0.15, -0.1) is 0 Å². The number of rotatable bonds is 5. The Morgan fingerprint density at radius 3 is 2.33 bits per heavy atom. The number of pyridine rings is 1. The van der Waals surface area contributed by atoms with Crippen molar-refractivity contribution >= 4 is 39.9 Å². The van der Waals surface area contributed by atoms with Crippen LogP contribution < -0.4 is 4.90 Å². The van der Waals surface area contributed by atoms with Gasteiger partial charge in [-0.05, 0) is 42.5 Å². The average Bonchev–Trinajstić information content (AvgIpc) is 3.36. The minimum atomic E-state index is -0.937. The maximum atomic E-state index is 13.3. The van der Waals surface area contributed by atoms with Gasteiger partial charge in [-0.1, -0.05) is 56.4 Å². The second-order valence-electron chi connectivity index (χ2n) is 9.41. The van der Waals surface area contributed by atoms with E-state index in [-0.39, 0.29) is 33.4 Å². The van der Waals surface area contributed by atoms with Crippen molar-refractivity contribution in [3.8, 4) is 0 Å². The van der Waals surface area contributed by atoms with Gasteiger partial charge >= 0.3 is 11.9 Å². The molecule has 1 aliphatic rings. The summed E-state index contributed by atoms with van der Waals surface area (Å²) in [5.41, 5.74) is 2.31. The largest absolute Gasteiger partial charge is 0.507 e. The normalized spacial score (nSPS) is 17.5. The van der Waals surface area contributed by atoms with Crippen molar-refractivity contribution in [2.75, 3.05) is 11.5 Å². The highest BCUT2D eigenvalue weighted by Gasteiger charge is 2.48. The maximum Gasteiger partial charge on any atom is 0.350 e. The molecule has 1 aromatic carbocycles. The minimum Gasteiger partial charge on any atom is -0.507 e. The lowest BCUT2D eigenvalue weighted by Gasteiger charge is -2.24. The van der Waals surface area contributed by atoms with E-state index in [0.29, 0.717) is 16.8 Å². The molecule has 3 heterocycles. The van der Waals surface area contributed by atoms with Crippen LogP contribution in [0.25, 0.3) is 5.76 Å². The number of esters is 1. The van der Waals surface area contributed by atoms with E-state index in [9.17, 15) is 19.5 Å². The fourth-order valence-corrected chi connectivity index (χ4v) is 5.03. The fourth-order valence-electron chi connectivity index (χ4n) is 4.05. The molecule has 0 spiro atoms. The molecule has 0 aliphatic carbocycles. The van der Waals surface area contributed by atoms with E-state index in [1.165, 1.54) is 17.3 Å². The summed E-state index contributed by atoms with van der Waals surface area (Å²) < 4.78 is 5.11. The summed E-state index contributed by atoms with van der Waals surface area (Å²) in [5.74, 6) is -2.51. The third-order valence-electron chi connectivity index (χ3n) is 5.94. The van der Waals surface area contributed by atoms with Crippen LogP contribution in [-0.4, -0.2) is 39.3 Å². The first-order valence-electron chi connectivity index (χ1n) is 11.5. The Hall–Kier alpha value is -3.85. The molecule has 9 heteroatoms. The SMILES string of the molecule is CCOC(=O)c1sc(N2C(=O)C(=O)/C(=C(/O)c3ccncc3)C2c2ccc(C(C)(C)C)cc2)nc1C. The number of anilines is 1. The number of hydrogen-bond acceptors (Lipinski definition) is 8. The first-order valence-corrected chi connectivity index (χ1v) is 12.3. The zero-order chi connectivity index (χ0) is 26.2. The van der Waals surface area contributed by atoms with Gasteiger partial charge < -0.3 is 9.84 Å². The first kappa shape index (κ1) is 25.2. The number of amides is 1. The first-order chi connectivity index (χ1) is 17.0. The summed E-state index contributed by atoms with van der Waals surface area (Å²) in [6.45, 7) is 9.81. The standard InChI is InChI=1S/C27H27N3O5S/c1-6-35-25(34)23-15(2)29-26(36-23)30-20(16-7-9-18(10-8-16)27(3,4)5)19(22(32)24(30)33)21(31)17-11-13-28-14-12-17/h7-14,20,31H,6H2,1-5H3/b21-19+. The number of nitrogens with zero attached hydrogens (tertiary/aromatic N) is 3. The van der Waals surface area contributed by atoms with Crippen LogP contribution in [0.1, 0.15) is 65.8 Å². The summed E-state index contributed by atoms with van der Waals surface area (Å²) in [7, 11) is 0. The van der Waals surface area contributed by atoms with E-state index in [2.05, 4.69) is 30.7 Å². The minimum absolute atomic E-state index is 0.0553. The van der Waals surface area contributed by atoms with Gasteiger partial charge in [0.25, 0.3) is 5.78 Å². The predicted molar refractivity (Wildman–Crippen MR) is 137 cm³/mol. The molecule has 1 saturated heterocycles. The van der Waals surface area contributed by atoms with E-state index in [1.807, 2.05) is 24.3 Å². The molecule has 1 N–H and O–H groups in total. The second kappa shape index (κ2) is 9.66. The Morgan fingerprint density at radius 2 is 1.75 bits per heavy atom. The summed E-state index contributed by atoms with van der Waals surface area (Å²) in [5, 5.41) is 11.3. The molecule has 1 atom stereocenters. The molecule has 1 aliphatic heterocycles. The lowest BCUT2D eigenvalue weighted by molar-refractivity contribution is -0.132. The molecule has 1 amide bonds. The number of aromatic nitrogens is 2. The Bertz CT molecular complexity index is 1350. The second-order valence-corrected chi connectivity index (χ2v) is 10.4. The molecule has 2 aromatic heterocycles. The number of Topliss-reactive ketones (excluding diaryl/α,β-unsaturated/α-hetero) is 1. The third-order valence-corrected chi connectivity index (χ3v) is 7.08. The highest BCUT2D eigenvalue weighted by atomic mass is 32.1. The number of carbonyl (C=O) groups excluding carboxylic acids is 3. The molecule has 186 valence electrons. The predicted octanol–water partition coefficient (Wildman–Crippen LogP) is 4.95. The molecular weight excluding hydrogens is 478 g/mol. The Balaban J connectivity index is 1.90. The highest BCUT2D eigenvalue weighted by molar-refractivity contribution is 7.17. The molecule has 1 fully saturated rings. The van der Waals surface area contributed by atoms with Crippen LogP contribution >= 0.6 is 11.3 Å². The molecule has 1 unspecified atom stereocenters. The molecule has 4 rings (SSSR count). The van der Waals surface area contributed by atoms with E-state index in [1.54, 1.807) is 26.0 Å². The van der Waals surface area contributed by atoms with E-state index in [4.69, 9.17) is 4.74 Å². The van der Waals surface area contributed by atoms with Crippen LogP contribution in [0, 0.1) is 6.92 Å². The van der Waals surface area contributed by atoms with E-state index < -0.39 is 23.7 Å². The fraction of sp³-hybridized carbons (Fsp3) is 0.296. The zero-order valence-electron chi connectivity index (χ0n) is 20.7. The number of aliphatic hydroxyl groups is 1. The number of aryl methyl sites for hydroxylation is 1. The topological polar surface area (TPSA) is 110 Å². The van der Waals surface area contributed by atoms with Gasteiger partial charge in [-0.3, -0.25) is 19.5 Å². The molecule has 8 nitrogen and oxygen atoms in total. The number of ketones is 1. The molecule has 0 radical (unpaired) electrons. The van der Waals surface area contributed by atoms with Crippen LogP contribution in [0.3, 0.4) is 0 Å². The summed E-state index contributed by atoms with van der Waals surface area (Å²) in [4.78, 5) is 49.0. The van der Waals surface area contributed by atoms with Crippen molar-refractivity contribution in [2.45, 2.75) is 46.1 Å². The van der Waals surface area contributed by atoms with Crippen LogP contribution in [-0.2, 0) is 19.7 Å². The van der Waals surface area contributed by atoms with Gasteiger partial charge in [0.05, 0.1) is 23.9 Å². The average molecular weight is 506 g/mol. The monoisotopic (exact) mass is 505 g/mol. The zero-order valence-corrected chi connectivity index (χ0v) is 21.5. The maximum absolute atomic E-state index is 13.3. The Labute approximate surface area is 213 Å². The van der Waals surface area contributed by atoms with Crippen LogP contribution in [0.4, 0.5) is 5.13 Å². The molecular formula is C27H27N3O5S. The van der Waals surface area contributed by atoms with Gasteiger partial charge in [0.1, 0.15) is 10.6 Å². The molecule has 36 heavy (non-hydrogen) atoms. The molecule has 0 bridgehead atoms. The number of ether oxygens (including phenoxy) is 1. The highest BCUT2D eigenvalue weighted by Crippen LogP contribution is 2.44. The Kier molecular flexibility index (Phi) is 6.77. The summed E-state index contributed by atoms with van der Waals surface area (Å²) in [6, 6.07) is 9.77. The number of aliphatic hydroxyl groups excluding tert-OH is 1. The van der Waals surface area contributed by atoms with Crippen LogP contribution in [0.15, 0.2) is 54.4 Å². The van der Waals surface area contributed by atoms with Crippen molar-refractivity contribution in [3.63, 3.8) is 0 Å². The van der Waals surface area contributed by atoms with E-state index in [0.717, 1.165) is 16.9 Å². The van der Waals surface area contributed by atoms with Crippen LogP contribution in [0.5, 0.6) is 0 Å². The van der Waals surface area contributed by atoms with Crippen LogP contribution in [0.2, 0.25) is 0 Å². The molecule has 0 saturated carbocycles. The summed E-state index contributed by atoms with van der Waals surface area (Å²) >= 11 is 0.979. The van der Waals surface area contributed by atoms with Crippen molar-refractivity contribution in [1.29, 1.82) is 0 Å². The smallest absolute Gasteiger partial charge is 0.350 e. The van der Waals surface area contributed by atoms with Crippen molar-refractivity contribution in [1.82, 2.24) is 9.97 Å². The van der Waals surface area contributed by atoms with Crippen molar-refractivity contribution < 1.29 is 24.2 Å². The van der Waals surface area contributed by atoms with Crippen molar-refractivity contribution in [3.05, 3.63) is 81.6 Å². The Morgan fingerprint density at radius 1 is 1.11 bits per heavy atom. The quantitative estimate of drug-likeness (QED) is 0.226. The van der Waals surface area contributed by atoms with Gasteiger partial charge in [-0.2, -0.15) is 0 Å². The number of hydrogen-bond donors (Lipinski definition) is 1. The number of benzene rings is 1. The lowest BCUT2D eigenvalue weighted by atomic mass is 9.85. The van der Waals surface area contributed by atoms with Crippen molar-refractivity contribution in [2.24, 2.45) is 0 Å². The van der Waals surface area contributed by atoms with Gasteiger partial charge in [0, 0.05) is 18.0 Å². The summed E-state index contributed by atoms with van der Waals surface area (Å²) in [6.07, 6.45) is 2.99. The number of thiazole rings is 1. The van der Waals surface area contributed by atoms with Gasteiger partial charge in [0.15, 0.2) is 5.13 Å². The third kappa shape index (κ3) is 4.54. The van der Waals surface area contributed by atoms with Gasteiger partial charge in [0.2, 0.25) is 0 Å².